The van der Waals surface area contributed by atoms with Gasteiger partial charge in [0.15, 0.2) is 0 Å². The van der Waals surface area contributed by atoms with Crippen LogP contribution in [0, 0.1) is 5.41 Å². The van der Waals surface area contributed by atoms with E-state index in [1.807, 2.05) is 37.4 Å². The minimum atomic E-state index is -0.339. The largest absolute Gasteiger partial charge is 0.336 e. The predicted octanol–water partition coefficient (Wildman–Crippen LogP) is 1.17. The summed E-state index contributed by atoms with van der Waals surface area (Å²) in [6, 6.07) is 0. The molecule has 2 aliphatic rings. The summed E-state index contributed by atoms with van der Waals surface area (Å²) in [7, 11) is 0. The van der Waals surface area contributed by atoms with Gasteiger partial charge in [-0.15, -0.1) is 11.8 Å². The van der Waals surface area contributed by atoms with E-state index in [9.17, 15) is 9.59 Å². The fourth-order valence-corrected chi connectivity index (χ4v) is 3.81. The minimum Gasteiger partial charge on any atom is -0.336 e. The van der Waals surface area contributed by atoms with E-state index >= 15 is 0 Å². The van der Waals surface area contributed by atoms with Gasteiger partial charge in [0.2, 0.25) is 11.8 Å². The van der Waals surface area contributed by atoms with Gasteiger partial charge in [0.05, 0.1) is 13.1 Å². The molecule has 0 aromatic carbocycles. The number of thioether (sulfide) groups is 1. The third kappa shape index (κ3) is 2.05. The van der Waals surface area contributed by atoms with Gasteiger partial charge in [-0.05, 0) is 0 Å². The van der Waals surface area contributed by atoms with Crippen molar-refractivity contribution in [1.29, 1.82) is 0 Å². The normalized spacial score (nSPS) is 22.8. The Morgan fingerprint density at radius 2 is 1.82 bits per heavy atom. The summed E-state index contributed by atoms with van der Waals surface area (Å²) >= 11 is 1.82. The van der Waals surface area contributed by atoms with E-state index in [0.29, 0.717) is 13.1 Å². The molecule has 2 heterocycles. The van der Waals surface area contributed by atoms with E-state index in [1.54, 1.807) is 11.8 Å². The Morgan fingerprint density at radius 3 is 2.29 bits per heavy atom. The molecule has 0 aromatic rings. The van der Waals surface area contributed by atoms with Crippen molar-refractivity contribution in [3.8, 4) is 0 Å². The zero-order valence-corrected chi connectivity index (χ0v) is 11.8. The molecule has 0 bridgehead atoms. The first-order valence-electron chi connectivity index (χ1n) is 5.98. The van der Waals surface area contributed by atoms with Crippen molar-refractivity contribution in [2.45, 2.75) is 32.6 Å². The Kier molecular flexibility index (Phi) is 2.92. The second kappa shape index (κ2) is 3.90. The molecular formula is C12H20N2O2S. The zero-order valence-electron chi connectivity index (χ0n) is 10.9. The summed E-state index contributed by atoms with van der Waals surface area (Å²) in [5.41, 5.74) is -0.339. The second-order valence-electron chi connectivity index (χ2n) is 5.88. The summed E-state index contributed by atoms with van der Waals surface area (Å²) in [5, 5.41) is 0. The Balaban J connectivity index is 2.10. The van der Waals surface area contributed by atoms with Crippen LogP contribution in [0.5, 0.6) is 0 Å². The average molecular weight is 256 g/mol. The van der Waals surface area contributed by atoms with E-state index in [1.165, 1.54) is 0 Å². The van der Waals surface area contributed by atoms with Crippen LogP contribution in [0.2, 0.25) is 0 Å². The van der Waals surface area contributed by atoms with Crippen LogP contribution in [0.3, 0.4) is 0 Å². The number of likely N-dealkylation sites (tertiary alicyclic amines) is 1. The fourth-order valence-electron chi connectivity index (χ4n) is 2.33. The molecule has 0 radical (unpaired) electrons. The first-order chi connectivity index (χ1) is 7.76. The summed E-state index contributed by atoms with van der Waals surface area (Å²) in [6.45, 7) is 9.63. The molecule has 2 aliphatic heterocycles. The first kappa shape index (κ1) is 12.7. The van der Waals surface area contributed by atoms with Gasteiger partial charge in [-0.3, -0.25) is 9.59 Å². The van der Waals surface area contributed by atoms with Gasteiger partial charge in [-0.2, -0.15) is 0 Å². The molecule has 2 amide bonds. The van der Waals surface area contributed by atoms with Crippen LogP contribution in [-0.2, 0) is 9.59 Å². The van der Waals surface area contributed by atoms with E-state index in [0.717, 1.165) is 12.3 Å². The topological polar surface area (TPSA) is 40.6 Å². The molecule has 96 valence electrons. The Bertz CT molecular complexity index is 356. The van der Waals surface area contributed by atoms with E-state index < -0.39 is 0 Å². The molecule has 2 saturated heterocycles. The lowest BCUT2D eigenvalue weighted by molar-refractivity contribution is -0.152. The monoisotopic (exact) mass is 256 g/mol. The van der Waals surface area contributed by atoms with Gasteiger partial charge in [0.25, 0.3) is 0 Å². The maximum atomic E-state index is 12.4. The summed E-state index contributed by atoms with van der Waals surface area (Å²) < 4.78 is 0. The van der Waals surface area contributed by atoms with E-state index in [-0.39, 0.29) is 22.1 Å². The number of amides is 2. The lowest BCUT2D eigenvalue weighted by atomic mass is 9.92. The van der Waals surface area contributed by atoms with Crippen molar-refractivity contribution in [3.05, 3.63) is 0 Å². The number of rotatable bonds is 0. The predicted molar refractivity (Wildman–Crippen MR) is 68.6 cm³/mol. The van der Waals surface area contributed by atoms with Crippen molar-refractivity contribution in [2.75, 3.05) is 25.4 Å². The molecule has 2 fully saturated rings. The number of carbonyl (C=O) groups is 2. The van der Waals surface area contributed by atoms with Gasteiger partial charge in [0, 0.05) is 24.6 Å². The molecule has 0 saturated carbocycles. The van der Waals surface area contributed by atoms with Crippen molar-refractivity contribution < 1.29 is 9.59 Å². The molecule has 0 N–H and O–H groups in total. The van der Waals surface area contributed by atoms with Gasteiger partial charge < -0.3 is 9.80 Å². The molecule has 0 atom stereocenters. The quantitative estimate of drug-likeness (QED) is 0.653. The summed E-state index contributed by atoms with van der Waals surface area (Å²) in [5.74, 6) is 1.28. The van der Waals surface area contributed by atoms with E-state index in [4.69, 9.17) is 0 Å². The van der Waals surface area contributed by atoms with Crippen LogP contribution in [0.15, 0.2) is 0 Å². The summed E-state index contributed by atoms with van der Waals surface area (Å²) in [4.78, 5) is 27.3. The molecule has 5 heteroatoms. The number of hydrogen-bond acceptors (Lipinski definition) is 3. The van der Waals surface area contributed by atoms with Crippen molar-refractivity contribution in [2.24, 2.45) is 5.41 Å². The lowest BCUT2D eigenvalue weighted by Gasteiger charge is -2.52. The fraction of sp³-hybridized carbons (Fsp3) is 0.833. The molecule has 2 rings (SSSR count). The SMILES string of the molecule is CC(=O)N1CC2(C1)SCCN2C(=O)C(C)(C)C. The van der Waals surface area contributed by atoms with Gasteiger partial charge in [0.1, 0.15) is 4.87 Å². The molecule has 0 aromatic heterocycles. The highest BCUT2D eigenvalue weighted by atomic mass is 32.2. The zero-order chi connectivity index (χ0) is 12.8. The number of nitrogens with zero attached hydrogens (tertiary/aromatic N) is 2. The van der Waals surface area contributed by atoms with Gasteiger partial charge in [-0.1, -0.05) is 20.8 Å². The van der Waals surface area contributed by atoms with Crippen LogP contribution >= 0.6 is 11.8 Å². The third-order valence-corrected chi connectivity index (χ3v) is 4.79. The number of carbonyl (C=O) groups excluding carboxylic acids is 2. The van der Waals surface area contributed by atoms with Crippen LogP contribution in [0.1, 0.15) is 27.7 Å². The average Bonchev–Trinajstić information content (AvgIpc) is 2.55. The van der Waals surface area contributed by atoms with E-state index in [2.05, 4.69) is 0 Å². The highest BCUT2D eigenvalue weighted by Crippen LogP contribution is 2.44. The van der Waals surface area contributed by atoms with Gasteiger partial charge in [-0.25, -0.2) is 0 Å². The Labute approximate surface area is 107 Å². The maximum absolute atomic E-state index is 12.4. The lowest BCUT2D eigenvalue weighted by Crippen LogP contribution is -2.69. The standard InChI is InChI=1S/C12H20N2O2S/c1-9(15)13-7-12(8-13)14(5-6-17-12)10(16)11(2,3)4/h5-8H2,1-4H3. The maximum Gasteiger partial charge on any atom is 0.229 e. The van der Waals surface area contributed by atoms with Gasteiger partial charge >= 0.3 is 0 Å². The first-order valence-corrected chi connectivity index (χ1v) is 6.96. The Hall–Kier alpha value is -0.710. The highest BCUT2D eigenvalue weighted by Gasteiger charge is 2.55. The van der Waals surface area contributed by atoms with Crippen LogP contribution in [0.4, 0.5) is 0 Å². The molecule has 0 aliphatic carbocycles. The molecule has 4 nitrogen and oxygen atoms in total. The smallest absolute Gasteiger partial charge is 0.229 e. The molecule has 0 unspecified atom stereocenters. The van der Waals surface area contributed by atoms with Crippen LogP contribution in [0.25, 0.3) is 0 Å². The Morgan fingerprint density at radius 1 is 1.24 bits per heavy atom. The third-order valence-electron chi connectivity index (χ3n) is 3.39. The minimum absolute atomic E-state index is 0.103. The number of hydrogen-bond donors (Lipinski definition) is 0. The molecule has 1 spiro atoms. The van der Waals surface area contributed by atoms with Crippen molar-refractivity contribution >= 4 is 23.6 Å². The second-order valence-corrected chi connectivity index (χ2v) is 7.33. The van der Waals surface area contributed by atoms with Crippen LogP contribution < -0.4 is 0 Å². The van der Waals surface area contributed by atoms with Crippen LogP contribution in [-0.4, -0.2) is 51.9 Å². The molecular weight excluding hydrogens is 236 g/mol. The van der Waals surface area contributed by atoms with Crippen molar-refractivity contribution in [3.63, 3.8) is 0 Å². The highest BCUT2D eigenvalue weighted by molar-refractivity contribution is 8.01. The van der Waals surface area contributed by atoms with Crippen molar-refractivity contribution in [1.82, 2.24) is 9.80 Å². The summed E-state index contributed by atoms with van der Waals surface area (Å²) in [6.07, 6.45) is 0. The molecule has 17 heavy (non-hydrogen) atoms.